The van der Waals surface area contributed by atoms with Crippen molar-refractivity contribution in [3.63, 3.8) is 0 Å². The minimum atomic E-state index is -1.85. The predicted octanol–water partition coefficient (Wildman–Crippen LogP) is -3.42. The van der Waals surface area contributed by atoms with Gasteiger partial charge in [-0.3, -0.25) is 4.79 Å². The van der Waals surface area contributed by atoms with E-state index in [-0.39, 0.29) is 33.8 Å². The number of aryl methyl sites for hydroxylation is 1. The quantitative estimate of drug-likeness (QED) is 0.147. The molecule has 2 saturated heterocycles. The van der Waals surface area contributed by atoms with Crippen LogP contribution in [-0.2, 0) is 18.9 Å². The zero-order valence-electron chi connectivity index (χ0n) is 22.8. The molecule has 43 heavy (non-hydrogen) atoms. The lowest BCUT2D eigenvalue weighted by atomic mass is 9.98. The highest BCUT2D eigenvalue weighted by Gasteiger charge is 2.48. The monoisotopic (exact) mass is 614 g/mol. The molecule has 0 aliphatic carbocycles. The summed E-state index contributed by atoms with van der Waals surface area (Å²) in [4.78, 5) is 12.4. The van der Waals surface area contributed by atoms with Crippen molar-refractivity contribution in [1.29, 1.82) is 0 Å². The van der Waals surface area contributed by atoms with E-state index in [1.54, 1.807) is 6.92 Å². The van der Waals surface area contributed by atoms with Gasteiger partial charge in [0, 0.05) is 12.1 Å². The Labute approximate surface area is 243 Å². The first-order chi connectivity index (χ1) is 20.3. The lowest BCUT2D eigenvalue weighted by Crippen LogP contribution is -2.62. The molecule has 2 fully saturated rings. The molecule has 11 atom stereocenters. The molecule has 3 aliphatic heterocycles. The third kappa shape index (κ3) is 6.15. The van der Waals surface area contributed by atoms with Crippen molar-refractivity contribution in [3.05, 3.63) is 39.8 Å². The minimum Gasteiger partial charge on any atom is -0.507 e. The van der Waals surface area contributed by atoms with E-state index >= 15 is 0 Å². The molecule has 2 aromatic rings. The zero-order valence-corrected chi connectivity index (χ0v) is 22.8. The van der Waals surface area contributed by atoms with Gasteiger partial charge in [0.25, 0.3) is 0 Å². The Morgan fingerprint density at radius 1 is 0.907 bits per heavy atom. The molecule has 1 aromatic carbocycles. The molecule has 1 unspecified atom stereocenters. The summed E-state index contributed by atoms with van der Waals surface area (Å²) in [7, 11) is 0. The largest absolute Gasteiger partial charge is 0.507 e. The number of ether oxygens (including phenoxy) is 5. The standard InChI is InChI=1S/C27H34O16/c1-10-4-12(29)17-13(30)5-14-11(24(17)41-10)2-3-27(37,8-39-14)9-40-26-23(36)21(34)19(32)16(43-26)7-38-25-22(35)20(33)18(31)15(6-28)42-25/h2-5,15-16,18-23,25-26,28,30-37H,6-9H2,1H3/t15-,16-,18-,19-,20+,21+,22-,23-,25-,26-,27?/m1/s1. The van der Waals surface area contributed by atoms with Crippen molar-refractivity contribution in [3.8, 4) is 11.5 Å². The lowest BCUT2D eigenvalue weighted by molar-refractivity contribution is -0.333. The van der Waals surface area contributed by atoms with Crippen LogP contribution in [0.5, 0.6) is 11.5 Å². The van der Waals surface area contributed by atoms with Gasteiger partial charge in [-0.25, -0.2) is 0 Å². The Balaban J connectivity index is 1.27. The third-order valence-corrected chi connectivity index (χ3v) is 7.58. The maximum absolute atomic E-state index is 12.4. The van der Waals surface area contributed by atoms with E-state index in [9.17, 15) is 50.8 Å². The minimum absolute atomic E-state index is 0.0480. The van der Waals surface area contributed by atoms with E-state index in [0.717, 1.165) is 0 Å². The van der Waals surface area contributed by atoms with Gasteiger partial charge in [0.15, 0.2) is 23.6 Å². The number of rotatable bonds is 7. The van der Waals surface area contributed by atoms with Crippen molar-refractivity contribution < 1.29 is 74.1 Å². The second-order valence-corrected chi connectivity index (χ2v) is 10.8. The molecule has 1 aromatic heterocycles. The SMILES string of the molecule is Cc1cc(=O)c2c(O)cc3c(c2o1)C=CC(O)(CO[C@@H]1O[C@H](CO[C@@H]2O[C@H](CO)[C@@H](O)[C@H](O)[C@H]2O)[C@@H](O)[C@H](O)[C@H]1O)CO3. The van der Waals surface area contributed by atoms with Crippen LogP contribution in [0.2, 0.25) is 0 Å². The highest BCUT2D eigenvalue weighted by atomic mass is 16.7. The summed E-state index contributed by atoms with van der Waals surface area (Å²) in [5.41, 5.74) is -1.99. The Kier molecular flexibility index (Phi) is 9.11. The molecule has 0 radical (unpaired) electrons. The number of hydrogen-bond acceptors (Lipinski definition) is 16. The number of aliphatic hydroxyl groups is 8. The maximum atomic E-state index is 12.4. The van der Waals surface area contributed by atoms with E-state index in [2.05, 4.69) is 0 Å². The number of hydrogen-bond donors (Lipinski definition) is 9. The fourth-order valence-corrected chi connectivity index (χ4v) is 5.10. The second-order valence-electron chi connectivity index (χ2n) is 10.8. The molecule has 4 heterocycles. The van der Waals surface area contributed by atoms with E-state index in [1.807, 2.05) is 0 Å². The van der Waals surface area contributed by atoms with Gasteiger partial charge >= 0.3 is 0 Å². The number of benzene rings is 1. The van der Waals surface area contributed by atoms with Crippen molar-refractivity contribution in [2.75, 3.05) is 26.4 Å². The highest BCUT2D eigenvalue weighted by Crippen LogP contribution is 2.37. The first kappa shape index (κ1) is 31.7. The van der Waals surface area contributed by atoms with Gasteiger partial charge in [-0.2, -0.15) is 0 Å². The summed E-state index contributed by atoms with van der Waals surface area (Å²) in [5, 5.41) is 92.2. The first-order valence-corrected chi connectivity index (χ1v) is 13.4. The molecule has 5 rings (SSSR count). The Bertz CT molecular complexity index is 1390. The summed E-state index contributed by atoms with van der Waals surface area (Å²) >= 11 is 0. The van der Waals surface area contributed by atoms with E-state index in [0.29, 0.717) is 0 Å². The van der Waals surface area contributed by atoms with E-state index in [4.69, 9.17) is 28.1 Å². The summed E-state index contributed by atoms with van der Waals surface area (Å²) < 4.78 is 33.1. The van der Waals surface area contributed by atoms with Crippen molar-refractivity contribution in [1.82, 2.24) is 0 Å². The zero-order chi connectivity index (χ0) is 31.2. The van der Waals surface area contributed by atoms with Crippen LogP contribution in [0.25, 0.3) is 17.0 Å². The van der Waals surface area contributed by atoms with Gasteiger partial charge in [0.2, 0.25) is 0 Å². The smallest absolute Gasteiger partial charge is 0.196 e. The summed E-state index contributed by atoms with van der Waals surface area (Å²) in [6.07, 6.45) is -13.3. The van der Waals surface area contributed by atoms with Crippen LogP contribution < -0.4 is 10.2 Å². The van der Waals surface area contributed by atoms with Crippen LogP contribution in [0.1, 0.15) is 11.3 Å². The van der Waals surface area contributed by atoms with E-state index in [1.165, 1.54) is 24.3 Å². The van der Waals surface area contributed by atoms with Crippen LogP contribution in [0, 0.1) is 6.92 Å². The van der Waals surface area contributed by atoms with Gasteiger partial charge < -0.3 is 74.1 Å². The van der Waals surface area contributed by atoms with Crippen LogP contribution in [-0.4, -0.2) is 139 Å². The van der Waals surface area contributed by atoms with Gasteiger partial charge in [-0.15, -0.1) is 0 Å². The van der Waals surface area contributed by atoms with Crippen LogP contribution >= 0.6 is 0 Å². The fourth-order valence-electron chi connectivity index (χ4n) is 5.10. The number of fused-ring (bicyclic) bond motifs is 3. The van der Waals surface area contributed by atoms with Crippen LogP contribution in [0.3, 0.4) is 0 Å². The fraction of sp³-hybridized carbons (Fsp3) is 0.593. The molecular formula is C27H34O16. The number of aromatic hydroxyl groups is 1. The average molecular weight is 615 g/mol. The molecule has 16 nitrogen and oxygen atoms in total. The molecule has 0 saturated carbocycles. The first-order valence-electron chi connectivity index (χ1n) is 13.4. The summed E-state index contributed by atoms with van der Waals surface area (Å²) in [5.74, 6) is 0.0282. The molecule has 0 spiro atoms. The van der Waals surface area contributed by atoms with Crippen molar-refractivity contribution in [2.24, 2.45) is 0 Å². The average Bonchev–Trinajstić information content (AvgIpc) is 3.13. The third-order valence-electron chi connectivity index (χ3n) is 7.58. The molecule has 16 heteroatoms. The molecule has 0 amide bonds. The molecule has 9 N–H and O–H groups in total. The molecular weight excluding hydrogens is 580 g/mol. The van der Waals surface area contributed by atoms with Gasteiger partial charge in [-0.1, -0.05) is 0 Å². The highest BCUT2D eigenvalue weighted by molar-refractivity contribution is 5.93. The number of phenolic OH excluding ortho intramolecular Hbond substituents is 1. The summed E-state index contributed by atoms with van der Waals surface area (Å²) in [6, 6.07) is 2.44. The molecule has 238 valence electrons. The van der Waals surface area contributed by atoms with Crippen LogP contribution in [0.4, 0.5) is 0 Å². The topological polar surface area (TPSA) is 258 Å². The normalized spacial score (nSPS) is 38.0. The van der Waals surface area contributed by atoms with Gasteiger partial charge in [0.05, 0.1) is 25.4 Å². The maximum Gasteiger partial charge on any atom is 0.196 e. The van der Waals surface area contributed by atoms with Gasteiger partial charge in [0.1, 0.15) is 83.7 Å². The number of aliphatic hydroxyl groups excluding tert-OH is 7. The Morgan fingerprint density at radius 3 is 2.21 bits per heavy atom. The lowest BCUT2D eigenvalue weighted by Gasteiger charge is -2.43. The summed E-state index contributed by atoms with van der Waals surface area (Å²) in [6.45, 7) is -0.654. The van der Waals surface area contributed by atoms with Crippen molar-refractivity contribution >= 4 is 17.0 Å². The molecule has 3 aliphatic rings. The number of phenols is 1. The predicted molar refractivity (Wildman–Crippen MR) is 141 cm³/mol. The molecule has 0 bridgehead atoms. The van der Waals surface area contributed by atoms with Crippen LogP contribution in [0.15, 0.2) is 27.4 Å². The van der Waals surface area contributed by atoms with Gasteiger partial charge in [-0.05, 0) is 19.1 Å². The van der Waals surface area contributed by atoms with Crippen molar-refractivity contribution in [2.45, 2.75) is 73.9 Å². The Morgan fingerprint density at radius 2 is 1.53 bits per heavy atom. The Hall–Kier alpha value is -2.71. The second kappa shape index (κ2) is 12.4. The van der Waals surface area contributed by atoms with E-state index < -0.39 is 98.9 Å².